The molecule has 7 heteroatoms. The standard InChI is InChI=1S/C12H18N6S/c1-8(6-18-5-4-14-7-18)15-12-10(11(13)19)9(2)16-17(12)3/h4-5,7-8,15H,6H2,1-3H3,(H2,13,19). The first-order valence-corrected chi connectivity index (χ1v) is 6.45. The molecule has 0 amide bonds. The second-order valence-electron chi connectivity index (χ2n) is 4.60. The Labute approximate surface area is 117 Å². The first kappa shape index (κ1) is 13.5. The average Bonchev–Trinajstić information content (AvgIpc) is 2.88. The van der Waals surface area contributed by atoms with Gasteiger partial charge in [-0.15, -0.1) is 0 Å². The number of hydrogen-bond acceptors (Lipinski definition) is 4. The summed E-state index contributed by atoms with van der Waals surface area (Å²) in [6, 6.07) is 0.206. The summed E-state index contributed by atoms with van der Waals surface area (Å²) < 4.78 is 3.79. The van der Waals surface area contributed by atoms with Crippen LogP contribution in [0.15, 0.2) is 18.7 Å². The minimum Gasteiger partial charge on any atom is -0.389 e. The third-order valence-electron chi connectivity index (χ3n) is 2.90. The lowest BCUT2D eigenvalue weighted by Crippen LogP contribution is -2.24. The molecule has 2 rings (SSSR count). The minimum absolute atomic E-state index is 0.206. The zero-order valence-corrected chi connectivity index (χ0v) is 12.1. The summed E-state index contributed by atoms with van der Waals surface area (Å²) in [5.41, 5.74) is 7.42. The number of anilines is 1. The van der Waals surface area contributed by atoms with Gasteiger partial charge in [-0.05, 0) is 13.8 Å². The number of aromatic nitrogens is 4. The molecule has 0 spiro atoms. The fourth-order valence-electron chi connectivity index (χ4n) is 2.11. The highest BCUT2D eigenvalue weighted by Crippen LogP contribution is 2.19. The number of nitrogens with two attached hydrogens (primary N) is 1. The number of hydrogen-bond donors (Lipinski definition) is 2. The molecule has 3 N–H and O–H groups in total. The Morgan fingerprint density at radius 2 is 2.32 bits per heavy atom. The van der Waals surface area contributed by atoms with Crippen molar-refractivity contribution in [2.45, 2.75) is 26.4 Å². The Bertz CT molecular complexity index is 571. The zero-order valence-electron chi connectivity index (χ0n) is 11.3. The smallest absolute Gasteiger partial charge is 0.134 e. The Morgan fingerprint density at radius 3 is 2.89 bits per heavy atom. The first-order chi connectivity index (χ1) is 8.99. The van der Waals surface area contributed by atoms with Crippen LogP contribution < -0.4 is 11.1 Å². The van der Waals surface area contributed by atoms with Crippen LogP contribution in [0.4, 0.5) is 5.82 Å². The van der Waals surface area contributed by atoms with Crippen molar-refractivity contribution in [2.75, 3.05) is 5.32 Å². The van der Waals surface area contributed by atoms with Gasteiger partial charge in [0.05, 0.1) is 17.6 Å². The summed E-state index contributed by atoms with van der Waals surface area (Å²) >= 11 is 5.09. The molecule has 2 heterocycles. The molecule has 1 atom stereocenters. The molecule has 102 valence electrons. The fraction of sp³-hybridized carbons (Fsp3) is 0.417. The van der Waals surface area contributed by atoms with E-state index in [4.69, 9.17) is 18.0 Å². The predicted octanol–water partition coefficient (Wildman–Crippen LogP) is 1.06. The number of nitrogens with one attached hydrogen (secondary N) is 1. The lowest BCUT2D eigenvalue weighted by Gasteiger charge is -2.17. The molecule has 1 unspecified atom stereocenters. The van der Waals surface area contributed by atoms with E-state index in [9.17, 15) is 0 Å². The van der Waals surface area contributed by atoms with E-state index >= 15 is 0 Å². The summed E-state index contributed by atoms with van der Waals surface area (Å²) in [7, 11) is 1.88. The van der Waals surface area contributed by atoms with E-state index in [2.05, 4.69) is 22.3 Å². The molecule has 0 aliphatic heterocycles. The van der Waals surface area contributed by atoms with Crippen LogP contribution in [0, 0.1) is 6.92 Å². The van der Waals surface area contributed by atoms with E-state index in [1.807, 2.05) is 24.7 Å². The van der Waals surface area contributed by atoms with Crippen molar-refractivity contribution in [3.8, 4) is 0 Å². The Balaban J connectivity index is 2.16. The van der Waals surface area contributed by atoms with Gasteiger partial charge >= 0.3 is 0 Å². The van der Waals surface area contributed by atoms with Crippen molar-refractivity contribution in [2.24, 2.45) is 12.8 Å². The molecule has 0 fully saturated rings. The maximum absolute atomic E-state index is 5.76. The van der Waals surface area contributed by atoms with Crippen molar-refractivity contribution < 1.29 is 0 Å². The van der Waals surface area contributed by atoms with Crippen LogP contribution >= 0.6 is 12.2 Å². The summed E-state index contributed by atoms with van der Waals surface area (Å²) in [5.74, 6) is 0.859. The zero-order chi connectivity index (χ0) is 14.0. The number of nitrogens with zero attached hydrogens (tertiary/aromatic N) is 4. The van der Waals surface area contributed by atoms with Crippen LogP contribution in [0.25, 0.3) is 0 Å². The predicted molar refractivity (Wildman–Crippen MR) is 79.1 cm³/mol. The van der Waals surface area contributed by atoms with Gasteiger partial charge in [-0.25, -0.2) is 4.98 Å². The van der Waals surface area contributed by atoms with Gasteiger partial charge in [-0.3, -0.25) is 4.68 Å². The van der Waals surface area contributed by atoms with Crippen LogP contribution in [0.1, 0.15) is 18.2 Å². The van der Waals surface area contributed by atoms with E-state index in [0.717, 1.165) is 23.6 Å². The highest BCUT2D eigenvalue weighted by atomic mass is 32.1. The van der Waals surface area contributed by atoms with Crippen LogP contribution in [0.5, 0.6) is 0 Å². The first-order valence-electron chi connectivity index (χ1n) is 6.04. The number of aryl methyl sites for hydroxylation is 2. The van der Waals surface area contributed by atoms with Crippen LogP contribution in [0.3, 0.4) is 0 Å². The second-order valence-corrected chi connectivity index (χ2v) is 5.04. The molecule has 0 radical (unpaired) electrons. The van der Waals surface area contributed by atoms with Gasteiger partial charge in [0.15, 0.2) is 0 Å². The van der Waals surface area contributed by atoms with E-state index in [0.29, 0.717) is 4.99 Å². The number of rotatable bonds is 5. The third kappa shape index (κ3) is 2.93. The van der Waals surface area contributed by atoms with Crippen molar-refractivity contribution in [1.29, 1.82) is 0 Å². The topological polar surface area (TPSA) is 73.7 Å². The molecule has 19 heavy (non-hydrogen) atoms. The Kier molecular flexibility index (Phi) is 3.84. The molecule has 0 aromatic carbocycles. The van der Waals surface area contributed by atoms with Crippen LogP contribution in [0.2, 0.25) is 0 Å². The molecular formula is C12H18N6S. The van der Waals surface area contributed by atoms with Gasteiger partial charge in [-0.1, -0.05) is 12.2 Å². The van der Waals surface area contributed by atoms with Gasteiger partial charge in [0.2, 0.25) is 0 Å². The lowest BCUT2D eigenvalue weighted by molar-refractivity contribution is 0.610. The quantitative estimate of drug-likeness (QED) is 0.800. The normalized spacial score (nSPS) is 12.4. The maximum Gasteiger partial charge on any atom is 0.134 e. The highest BCUT2D eigenvalue weighted by Gasteiger charge is 2.17. The Hall–Kier alpha value is -1.89. The lowest BCUT2D eigenvalue weighted by atomic mass is 10.2. The summed E-state index contributed by atoms with van der Waals surface area (Å²) in [6.07, 6.45) is 5.49. The van der Waals surface area contributed by atoms with E-state index < -0.39 is 0 Å². The third-order valence-corrected chi connectivity index (χ3v) is 3.10. The maximum atomic E-state index is 5.76. The largest absolute Gasteiger partial charge is 0.389 e. The van der Waals surface area contributed by atoms with Gasteiger partial charge < -0.3 is 15.6 Å². The molecule has 0 saturated heterocycles. The molecule has 6 nitrogen and oxygen atoms in total. The van der Waals surface area contributed by atoms with Crippen LogP contribution in [-0.4, -0.2) is 30.4 Å². The second kappa shape index (κ2) is 5.40. The van der Waals surface area contributed by atoms with Gasteiger partial charge in [0.25, 0.3) is 0 Å². The summed E-state index contributed by atoms with van der Waals surface area (Å²) in [4.78, 5) is 4.39. The summed E-state index contributed by atoms with van der Waals surface area (Å²) in [5, 5.41) is 7.75. The SMILES string of the molecule is Cc1nn(C)c(NC(C)Cn2ccnc2)c1C(N)=S. The van der Waals surface area contributed by atoms with E-state index in [1.54, 1.807) is 17.2 Å². The van der Waals surface area contributed by atoms with Crippen molar-refractivity contribution in [1.82, 2.24) is 19.3 Å². The fourth-order valence-corrected chi connectivity index (χ4v) is 2.35. The van der Waals surface area contributed by atoms with Gasteiger partial charge in [-0.2, -0.15) is 5.10 Å². The van der Waals surface area contributed by atoms with Crippen molar-refractivity contribution in [3.63, 3.8) is 0 Å². The molecular weight excluding hydrogens is 260 g/mol. The van der Waals surface area contributed by atoms with Gasteiger partial charge in [0.1, 0.15) is 10.8 Å². The molecule has 0 aliphatic carbocycles. The average molecular weight is 278 g/mol. The van der Waals surface area contributed by atoms with Crippen LogP contribution in [-0.2, 0) is 13.6 Å². The Morgan fingerprint density at radius 1 is 1.58 bits per heavy atom. The van der Waals surface area contributed by atoms with E-state index in [-0.39, 0.29) is 6.04 Å². The number of imidazole rings is 1. The monoisotopic (exact) mass is 278 g/mol. The molecule has 2 aromatic rings. The molecule has 0 bridgehead atoms. The van der Waals surface area contributed by atoms with Gasteiger partial charge in [0, 0.05) is 32.0 Å². The minimum atomic E-state index is 0.206. The van der Waals surface area contributed by atoms with Crippen molar-refractivity contribution >= 4 is 23.0 Å². The number of thiocarbonyl (C=S) groups is 1. The summed E-state index contributed by atoms with van der Waals surface area (Å²) in [6.45, 7) is 4.80. The molecule has 0 aliphatic rings. The molecule has 2 aromatic heterocycles. The van der Waals surface area contributed by atoms with Crippen molar-refractivity contribution in [3.05, 3.63) is 30.0 Å². The molecule has 0 saturated carbocycles. The highest BCUT2D eigenvalue weighted by molar-refractivity contribution is 7.80. The van der Waals surface area contributed by atoms with E-state index in [1.165, 1.54) is 0 Å².